The van der Waals surface area contributed by atoms with Crippen molar-refractivity contribution in [1.29, 1.82) is 0 Å². The lowest BCUT2D eigenvalue weighted by atomic mass is 10.4. The molecule has 1 aliphatic carbocycles. The molecule has 1 aliphatic heterocycles. The van der Waals surface area contributed by atoms with Gasteiger partial charge in [0.2, 0.25) is 0 Å². The van der Waals surface area contributed by atoms with Crippen LogP contribution >= 0.6 is 0 Å². The molecule has 1 heterocycles. The highest BCUT2D eigenvalue weighted by Gasteiger charge is 2.05. The molecule has 0 saturated carbocycles. The molecule has 0 unspecified atom stereocenters. The minimum absolute atomic E-state index is 0.676. The Hall–Kier alpha value is -1.58. The maximum atomic E-state index is 9.07. The summed E-state index contributed by atoms with van der Waals surface area (Å²) in [7, 11) is 0. The van der Waals surface area contributed by atoms with E-state index in [1.807, 2.05) is 6.07 Å². The van der Waals surface area contributed by atoms with Gasteiger partial charge in [-0.3, -0.25) is 0 Å². The van der Waals surface area contributed by atoms with Gasteiger partial charge in [-0.15, -0.1) is 10.2 Å². The van der Waals surface area contributed by atoms with E-state index in [4.69, 9.17) is 5.21 Å². The number of hydrogen-bond acceptors (Lipinski definition) is 3. The molecule has 50 valence electrons. The Kier molecular flexibility index (Phi) is 0.887. The molecule has 0 atom stereocenters. The molecular weight excluding hydrogens is 130 g/mol. The smallest absolute Gasteiger partial charge is 0.154 e. The first kappa shape index (κ1) is 5.22. The van der Waals surface area contributed by atoms with E-state index >= 15 is 0 Å². The van der Waals surface area contributed by atoms with E-state index in [2.05, 4.69) is 10.2 Å². The Bertz CT molecular complexity index is 317. The second-order valence-electron chi connectivity index (χ2n) is 1.97. The van der Waals surface area contributed by atoms with Crippen LogP contribution in [0.3, 0.4) is 0 Å². The van der Waals surface area contributed by atoms with E-state index in [1.165, 1.54) is 6.33 Å². The Morgan fingerprint density at radius 2 is 2.30 bits per heavy atom. The molecule has 0 aromatic heterocycles. The van der Waals surface area contributed by atoms with Crippen LogP contribution in [0, 0.1) is 0 Å². The van der Waals surface area contributed by atoms with Crippen molar-refractivity contribution < 1.29 is 5.21 Å². The van der Waals surface area contributed by atoms with E-state index in [9.17, 15) is 0 Å². The zero-order valence-corrected chi connectivity index (χ0v) is 5.10. The van der Waals surface area contributed by atoms with Crippen LogP contribution in [0.2, 0.25) is 0 Å². The van der Waals surface area contributed by atoms with Crippen LogP contribution in [0.1, 0.15) is 0 Å². The summed E-state index contributed by atoms with van der Waals surface area (Å²) in [5.74, 6) is 0. The van der Waals surface area contributed by atoms with Crippen LogP contribution in [0.25, 0.3) is 11.4 Å². The number of fused-ring (bicyclic) bond motifs is 1. The Labute approximate surface area is 57.0 Å². The average Bonchev–Trinajstić information content (AvgIpc) is 2.36. The van der Waals surface area contributed by atoms with E-state index in [0.29, 0.717) is 11.4 Å². The fourth-order valence-electron chi connectivity index (χ4n) is 0.879. The maximum absolute atomic E-state index is 9.07. The molecule has 4 nitrogen and oxygen atoms in total. The average molecular weight is 135 g/mol. The number of rotatable bonds is 0. The van der Waals surface area contributed by atoms with Crippen LogP contribution in [0.5, 0.6) is 0 Å². The lowest BCUT2D eigenvalue weighted by Crippen LogP contribution is -1.99. The monoisotopic (exact) mass is 135 g/mol. The van der Waals surface area contributed by atoms with Crippen LogP contribution in [-0.2, 0) is 0 Å². The molecule has 2 aliphatic rings. The lowest BCUT2D eigenvalue weighted by molar-refractivity contribution is 0.183. The zero-order chi connectivity index (χ0) is 6.97. The predicted molar refractivity (Wildman–Crippen MR) is 33.8 cm³/mol. The van der Waals surface area contributed by atoms with Crippen molar-refractivity contribution >= 4 is 0 Å². The molecule has 1 N–H and O–H groups in total. The highest BCUT2D eigenvalue weighted by atomic mass is 16.5. The summed E-state index contributed by atoms with van der Waals surface area (Å²) in [5, 5.41) is 16.4. The van der Waals surface area contributed by atoms with Gasteiger partial charge in [0.1, 0.15) is 11.4 Å². The largest absolute Gasteiger partial charge is 0.427 e. The van der Waals surface area contributed by atoms with Crippen molar-refractivity contribution in [1.82, 2.24) is 14.9 Å². The van der Waals surface area contributed by atoms with E-state index in [-0.39, 0.29) is 0 Å². The summed E-state index contributed by atoms with van der Waals surface area (Å²) in [5.41, 5.74) is 1.38. The van der Waals surface area contributed by atoms with E-state index in [0.717, 1.165) is 4.73 Å². The zero-order valence-electron chi connectivity index (χ0n) is 5.10. The van der Waals surface area contributed by atoms with Gasteiger partial charge in [0, 0.05) is 0 Å². The standard InChI is InChI=1S/C6H5N3O/c10-9-4-7-8-5-2-1-3-6(5)9/h1-4,10H. The third-order valence-electron chi connectivity index (χ3n) is 1.34. The van der Waals surface area contributed by atoms with Crippen molar-refractivity contribution in [3.63, 3.8) is 0 Å². The molecule has 0 aromatic rings. The van der Waals surface area contributed by atoms with E-state index in [1.54, 1.807) is 12.1 Å². The summed E-state index contributed by atoms with van der Waals surface area (Å²) in [6.07, 6.45) is 1.25. The second-order valence-corrected chi connectivity index (χ2v) is 1.97. The van der Waals surface area contributed by atoms with Crippen molar-refractivity contribution in [2.24, 2.45) is 0 Å². The van der Waals surface area contributed by atoms with Gasteiger partial charge in [-0.2, -0.15) is 4.73 Å². The first-order valence-electron chi connectivity index (χ1n) is 2.86. The van der Waals surface area contributed by atoms with Gasteiger partial charge in [0.25, 0.3) is 0 Å². The molecule has 0 radical (unpaired) electrons. The van der Waals surface area contributed by atoms with Crippen LogP contribution in [0.15, 0.2) is 24.5 Å². The van der Waals surface area contributed by atoms with Gasteiger partial charge in [0.05, 0.1) is 0 Å². The third kappa shape index (κ3) is 0.556. The quantitative estimate of drug-likeness (QED) is 0.539. The molecule has 0 fully saturated rings. The molecule has 2 rings (SSSR count). The summed E-state index contributed by atoms with van der Waals surface area (Å²) in [6.45, 7) is 0. The van der Waals surface area contributed by atoms with Crippen molar-refractivity contribution in [2.75, 3.05) is 0 Å². The number of hydrogen-bond donors (Lipinski definition) is 1. The number of nitrogens with zero attached hydrogens (tertiary/aromatic N) is 3. The summed E-state index contributed by atoms with van der Waals surface area (Å²) in [6, 6.07) is 5.37. The second kappa shape index (κ2) is 1.70. The highest BCUT2D eigenvalue weighted by Crippen LogP contribution is 2.16. The van der Waals surface area contributed by atoms with Crippen molar-refractivity contribution in [2.45, 2.75) is 0 Å². The summed E-state index contributed by atoms with van der Waals surface area (Å²) < 4.78 is 0.947. The van der Waals surface area contributed by atoms with Crippen LogP contribution in [-0.4, -0.2) is 20.1 Å². The normalized spacial score (nSPS) is 10.4. The van der Waals surface area contributed by atoms with Gasteiger partial charge < -0.3 is 5.21 Å². The SMILES string of the molecule is On1cnnc2cccc1-2. The molecule has 10 heavy (non-hydrogen) atoms. The summed E-state index contributed by atoms with van der Waals surface area (Å²) in [4.78, 5) is 0. The fraction of sp³-hybridized carbons (Fsp3) is 0. The molecule has 4 heteroatoms. The predicted octanol–water partition coefficient (Wildman–Crippen LogP) is 0.620. The first-order chi connectivity index (χ1) is 4.88. The Morgan fingerprint density at radius 1 is 1.40 bits per heavy atom. The van der Waals surface area contributed by atoms with Gasteiger partial charge >= 0.3 is 0 Å². The Balaban J connectivity index is 2.80. The maximum Gasteiger partial charge on any atom is 0.154 e. The first-order valence-corrected chi connectivity index (χ1v) is 2.86. The molecule has 0 saturated heterocycles. The topological polar surface area (TPSA) is 50.9 Å². The van der Waals surface area contributed by atoms with Crippen LogP contribution < -0.4 is 0 Å². The molecule has 0 amide bonds. The van der Waals surface area contributed by atoms with Gasteiger partial charge in [-0.05, 0) is 12.1 Å². The fourth-order valence-corrected chi connectivity index (χ4v) is 0.879. The van der Waals surface area contributed by atoms with Gasteiger partial charge in [-0.1, -0.05) is 6.07 Å². The third-order valence-corrected chi connectivity index (χ3v) is 1.34. The van der Waals surface area contributed by atoms with E-state index < -0.39 is 0 Å². The minimum atomic E-state index is 0.676. The minimum Gasteiger partial charge on any atom is -0.427 e. The van der Waals surface area contributed by atoms with Crippen molar-refractivity contribution in [3.8, 4) is 11.4 Å². The lowest BCUT2D eigenvalue weighted by Gasteiger charge is -2.00. The number of aromatic nitrogens is 3. The van der Waals surface area contributed by atoms with Crippen molar-refractivity contribution in [3.05, 3.63) is 24.5 Å². The molecule has 0 spiro atoms. The van der Waals surface area contributed by atoms with Crippen LogP contribution in [0.4, 0.5) is 0 Å². The molecule has 0 bridgehead atoms. The highest BCUT2D eigenvalue weighted by molar-refractivity contribution is 5.56. The van der Waals surface area contributed by atoms with Gasteiger partial charge in [0.15, 0.2) is 6.33 Å². The summed E-state index contributed by atoms with van der Waals surface area (Å²) >= 11 is 0. The molecular formula is C6H5N3O. The Morgan fingerprint density at radius 3 is 3.10 bits per heavy atom. The molecule has 0 aromatic carbocycles. The van der Waals surface area contributed by atoms with Gasteiger partial charge in [-0.25, -0.2) is 0 Å².